The second-order valence-corrected chi connectivity index (χ2v) is 7.70. The number of ether oxygens (including phenoxy) is 1. The minimum atomic E-state index is -1.61. The highest BCUT2D eigenvalue weighted by Crippen LogP contribution is 2.58. The molecule has 1 atom stereocenters. The fraction of sp³-hybridized carbons (Fsp3) is 0.125. The maximum atomic E-state index is 13.9. The van der Waals surface area contributed by atoms with E-state index in [9.17, 15) is 14.4 Å². The van der Waals surface area contributed by atoms with E-state index >= 15 is 0 Å². The van der Waals surface area contributed by atoms with Gasteiger partial charge < -0.3 is 14.1 Å². The first-order valence-corrected chi connectivity index (χ1v) is 9.56. The first-order valence-electron chi connectivity index (χ1n) is 9.56. The van der Waals surface area contributed by atoms with Crippen molar-refractivity contribution in [2.45, 2.75) is 12.3 Å². The number of likely N-dealkylation sites (N-methyl/N-ethyl adjacent to an activating group) is 1. The second kappa shape index (κ2) is 5.36. The Morgan fingerprint density at radius 1 is 0.933 bits per heavy atom. The normalized spacial score (nSPS) is 20.8. The molecule has 0 saturated heterocycles. The molecule has 0 N–H and O–H groups in total. The van der Waals surface area contributed by atoms with E-state index in [4.69, 9.17) is 9.15 Å². The number of Topliss-reactive ketones (excluding diaryl/α,β-unsaturated/α-hetero) is 1. The number of amides is 1. The van der Waals surface area contributed by atoms with Gasteiger partial charge in [-0.05, 0) is 13.0 Å². The van der Waals surface area contributed by atoms with Crippen molar-refractivity contribution in [3.8, 4) is 5.75 Å². The maximum Gasteiger partial charge on any atom is 0.344 e. The molecule has 1 amide bonds. The van der Waals surface area contributed by atoms with Crippen molar-refractivity contribution in [2.75, 3.05) is 11.9 Å². The zero-order valence-corrected chi connectivity index (χ0v) is 16.2. The van der Waals surface area contributed by atoms with E-state index in [1.807, 2.05) is 12.1 Å². The molecule has 0 radical (unpaired) electrons. The van der Waals surface area contributed by atoms with E-state index < -0.39 is 11.0 Å². The van der Waals surface area contributed by atoms with Gasteiger partial charge in [0.2, 0.25) is 5.91 Å². The van der Waals surface area contributed by atoms with Crippen LogP contribution in [-0.2, 0) is 10.2 Å². The summed E-state index contributed by atoms with van der Waals surface area (Å²) in [5, 5.41) is 0. The number of carbonyl (C=O) groups is 2. The molecule has 3 heterocycles. The van der Waals surface area contributed by atoms with E-state index in [1.165, 1.54) is 4.90 Å². The van der Waals surface area contributed by atoms with E-state index in [-0.39, 0.29) is 28.6 Å². The molecule has 1 aliphatic carbocycles. The van der Waals surface area contributed by atoms with E-state index in [1.54, 1.807) is 56.4 Å². The van der Waals surface area contributed by atoms with Crippen LogP contribution >= 0.6 is 0 Å². The molecule has 2 aliphatic heterocycles. The summed E-state index contributed by atoms with van der Waals surface area (Å²) >= 11 is 0. The molecule has 2 aromatic carbocycles. The van der Waals surface area contributed by atoms with Gasteiger partial charge in [0.25, 0.3) is 0 Å². The van der Waals surface area contributed by atoms with Gasteiger partial charge in [-0.25, -0.2) is 4.79 Å². The van der Waals surface area contributed by atoms with Crippen LogP contribution in [0, 0.1) is 6.92 Å². The molecule has 30 heavy (non-hydrogen) atoms. The lowest BCUT2D eigenvalue weighted by atomic mass is 9.68. The maximum absolute atomic E-state index is 13.9. The lowest BCUT2D eigenvalue weighted by Crippen LogP contribution is -2.47. The molecule has 1 aromatic heterocycles. The molecular formula is C24H15NO5. The Labute approximate surface area is 171 Å². The number of hydrogen-bond acceptors (Lipinski definition) is 5. The summed E-state index contributed by atoms with van der Waals surface area (Å²) in [7, 11) is 1.65. The SMILES string of the molecule is Cc1cc2c(c(=O)o1)[C@@]1(C(=O)N(C)c3ccccc31)C1=C(O2)c2ccccc2C1=O. The Bertz CT molecular complexity index is 1410. The van der Waals surface area contributed by atoms with Gasteiger partial charge >= 0.3 is 5.63 Å². The van der Waals surface area contributed by atoms with E-state index in [2.05, 4.69) is 0 Å². The predicted octanol–water partition coefficient (Wildman–Crippen LogP) is 3.21. The number of nitrogens with zero attached hydrogens (tertiary/aromatic N) is 1. The lowest BCUT2D eigenvalue weighted by molar-refractivity contribution is -0.120. The molecule has 6 rings (SSSR count). The number of para-hydroxylation sites is 1. The number of benzene rings is 2. The van der Waals surface area contributed by atoms with Crippen molar-refractivity contribution >= 4 is 23.1 Å². The van der Waals surface area contributed by atoms with Crippen LogP contribution in [0.25, 0.3) is 5.76 Å². The predicted molar refractivity (Wildman–Crippen MR) is 109 cm³/mol. The highest BCUT2D eigenvalue weighted by atomic mass is 16.5. The molecule has 3 aromatic rings. The largest absolute Gasteiger partial charge is 0.455 e. The van der Waals surface area contributed by atoms with Gasteiger partial charge in [0, 0.05) is 35.5 Å². The van der Waals surface area contributed by atoms with E-state index in [0.717, 1.165) is 0 Å². The van der Waals surface area contributed by atoms with Gasteiger partial charge in [-0.3, -0.25) is 9.59 Å². The quantitative estimate of drug-likeness (QED) is 0.582. The third-order valence-electron chi connectivity index (χ3n) is 6.17. The van der Waals surface area contributed by atoms with Gasteiger partial charge in [-0.1, -0.05) is 42.5 Å². The van der Waals surface area contributed by atoms with Gasteiger partial charge in [0.1, 0.15) is 28.2 Å². The summed E-state index contributed by atoms with van der Waals surface area (Å²) in [6, 6.07) is 15.9. The number of anilines is 1. The molecule has 3 aliphatic rings. The third kappa shape index (κ3) is 1.73. The van der Waals surface area contributed by atoms with Crippen LogP contribution in [0.15, 0.2) is 69.4 Å². The molecular weight excluding hydrogens is 382 g/mol. The summed E-state index contributed by atoms with van der Waals surface area (Å²) < 4.78 is 11.5. The van der Waals surface area contributed by atoms with E-state index in [0.29, 0.717) is 33.9 Å². The number of aryl methyl sites for hydroxylation is 1. The Kier molecular flexibility index (Phi) is 3.03. The number of ketones is 1. The standard InChI is InChI=1S/C24H15NO5/c1-12-11-17-18(22(27)29-12)24(15-9-5-6-10-16(15)25(2)23(24)28)19-20(26)13-7-3-4-8-14(13)21(19)30-17/h3-11H,1-2H3/t24-/m1/s1. The minimum absolute atomic E-state index is 0.0507. The minimum Gasteiger partial charge on any atom is -0.455 e. The average Bonchev–Trinajstić information content (AvgIpc) is 3.14. The van der Waals surface area contributed by atoms with Crippen LogP contribution in [0.3, 0.4) is 0 Å². The number of fused-ring (bicyclic) bond motifs is 7. The number of hydrogen-bond donors (Lipinski definition) is 0. The molecule has 0 unspecified atom stereocenters. The smallest absolute Gasteiger partial charge is 0.344 e. The highest BCUT2D eigenvalue weighted by Gasteiger charge is 2.63. The zero-order chi connectivity index (χ0) is 20.8. The van der Waals surface area contributed by atoms with Crippen molar-refractivity contribution in [1.82, 2.24) is 0 Å². The first-order chi connectivity index (χ1) is 14.5. The fourth-order valence-electron chi connectivity index (χ4n) is 4.98. The molecule has 0 bridgehead atoms. The monoisotopic (exact) mass is 397 g/mol. The second-order valence-electron chi connectivity index (χ2n) is 7.70. The van der Waals surface area contributed by atoms with Gasteiger partial charge in [0.15, 0.2) is 5.78 Å². The van der Waals surface area contributed by atoms with Crippen molar-refractivity contribution in [1.29, 1.82) is 0 Å². The molecule has 6 heteroatoms. The van der Waals surface area contributed by atoms with Crippen LogP contribution in [-0.4, -0.2) is 18.7 Å². The van der Waals surface area contributed by atoms with Crippen molar-refractivity contribution < 1.29 is 18.7 Å². The van der Waals surface area contributed by atoms with Crippen molar-refractivity contribution in [3.63, 3.8) is 0 Å². The third-order valence-corrected chi connectivity index (χ3v) is 6.17. The summed E-state index contributed by atoms with van der Waals surface area (Å²) in [5.74, 6) is 0.238. The van der Waals surface area contributed by atoms with Gasteiger partial charge in [-0.15, -0.1) is 0 Å². The molecule has 146 valence electrons. The van der Waals surface area contributed by atoms with Crippen LogP contribution in [0.1, 0.15) is 32.8 Å². The molecule has 1 spiro atoms. The highest BCUT2D eigenvalue weighted by molar-refractivity contribution is 6.29. The average molecular weight is 397 g/mol. The summed E-state index contributed by atoms with van der Waals surface area (Å²) in [6.07, 6.45) is 0. The van der Waals surface area contributed by atoms with Crippen LogP contribution in [0.5, 0.6) is 5.75 Å². The van der Waals surface area contributed by atoms with Crippen LogP contribution in [0.4, 0.5) is 5.69 Å². The molecule has 0 saturated carbocycles. The zero-order valence-electron chi connectivity index (χ0n) is 16.2. The summed E-state index contributed by atoms with van der Waals surface area (Å²) in [6.45, 7) is 1.64. The Hall–Kier alpha value is -3.93. The van der Waals surface area contributed by atoms with Crippen LogP contribution in [0.2, 0.25) is 0 Å². The van der Waals surface area contributed by atoms with Gasteiger partial charge in [0.05, 0.1) is 5.57 Å². The first kappa shape index (κ1) is 17.0. The number of rotatable bonds is 0. The topological polar surface area (TPSA) is 76.8 Å². The molecule has 0 fully saturated rings. The Morgan fingerprint density at radius 2 is 1.63 bits per heavy atom. The molecule has 6 nitrogen and oxygen atoms in total. The van der Waals surface area contributed by atoms with Crippen LogP contribution < -0.4 is 15.3 Å². The fourth-order valence-corrected chi connectivity index (χ4v) is 4.98. The summed E-state index contributed by atoms with van der Waals surface area (Å²) in [5.41, 5.74) is 0.225. The van der Waals surface area contributed by atoms with Crippen molar-refractivity contribution in [3.05, 3.63) is 98.6 Å². The Balaban J connectivity index is 1.83. The van der Waals surface area contributed by atoms with Gasteiger partial charge in [-0.2, -0.15) is 0 Å². The lowest BCUT2D eigenvalue weighted by Gasteiger charge is -2.34. The number of carbonyl (C=O) groups excluding carboxylic acids is 2. The Morgan fingerprint density at radius 3 is 2.43 bits per heavy atom. The summed E-state index contributed by atoms with van der Waals surface area (Å²) in [4.78, 5) is 42.1. The van der Waals surface area contributed by atoms with Crippen molar-refractivity contribution in [2.24, 2.45) is 0 Å².